The number of carbonyl (C=O) groups excluding carboxylic acids is 2. The third kappa shape index (κ3) is 7.80. The minimum atomic E-state index is -6.22. The van der Waals surface area contributed by atoms with Crippen LogP contribution in [0.15, 0.2) is 94.0 Å². The number of halogens is 5. The molecule has 4 aromatic carbocycles. The first-order valence-corrected chi connectivity index (χ1v) is 22.8. The third-order valence-electron chi connectivity index (χ3n) is 9.43. The van der Waals surface area contributed by atoms with Crippen LogP contribution in [0.2, 0.25) is 0 Å². The van der Waals surface area contributed by atoms with Crippen molar-refractivity contribution in [2.24, 2.45) is 0 Å². The Morgan fingerprint density at radius 3 is 1.43 bits per heavy atom. The summed E-state index contributed by atoms with van der Waals surface area (Å²) < 4.78 is 155. The van der Waals surface area contributed by atoms with Crippen LogP contribution in [-0.4, -0.2) is 82.2 Å². The maximum atomic E-state index is 13.4. The molecule has 0 aliphatic carbocycles. The molecule has 8 rings (SSSR count). The lowest BCUT2D eigenvalue weighted by Gasteiger charge is -2.12. The minimum Gasteiger partial charge on any atom is -0.506 e. The van der Waals surface area contributed by atoms with Crippen molar-refractivity contribution in [3.05, 3.63) is 108 Å². The number of furan rings is 2. The molecule has 0 fully saturated rings. The summed E-state index contributed by atoms with van der Waals surface area (Å²) in [6.07, 6.45) is 4.02. The topological polar surface area (TPSA) is 226 Å². The van der Waals surface area contributed by atoms with Crippen LogP contribution < -0.4 is 14.8 Å². The van der Waals surface area contributed by atoms with E-state index in [9.17, 15) is 61.9 Å². The lowest BCUT2D eigenvalue weighted by Crippen LogP contribution is -2.28. The molecule has 0 saturated heterocycles. The zero-order chi connectivity index (χ0) is 46.1. The summed E-state index contributed by atoms with van der Waals surface area (Å²) in [5.41, 5.74) is -5.62. The number of benzene rings is 4. The second kappa shape index (κ2) is 15.5. The number of aromatic nitrogens is 2. The number of nitrogens with one attached hydrogen (secondary N) is 2. The Hall–Kier alpha value is -6.92. The van der Waals surface area contributed by atoms with E-state index in [1.807, 2.05) is 0 Å². The molecule has 16 nitrogen and oxygen atoms in total. The average molecular weight is 937 g/mol. The Morgan fingerprint density at radius 1 is 0.635 bits per heavy atom. The van der Waals surface area contributed by atoms with Crippen molar-refractivity contribution in [3.8, 4) is 34.1 Å². The van der Waals surface area contributed by atoms with Gasteiger partial charge in [0.05, 0.1) is 23.6 Å². The van der Waals surface area contributed by atoms with Gasteiger partial charge in [0.1, 0.15) is 51.1 Å². The van der Waals surface area contributed by atoms with Crippen LogP contribution in [0, 0.1) is 11.6 Å². The maximum Gasteiger partial charge on any atom is 0.534 e. The van der Waals surface area contributed by atoms with E-state index in [1.54, 1.807) is 0 Å². The van der Waals surface area contributed by atoms with Crippen molar-refractivity contribution in [2.75, 3.05) is 26.6 Å². The molecule has 4 aromatic heterocycles. The molecule has 0 radical (unpaired) electrons. The molecule has 8 aromatic rings. The predicted molar refractivity (Wildman–Crippen MR) is 219 cm³/mol. The fourth-order valence-corrected chi connectivity index (χ4v) is 8.81. The van der Waals surface area contributed by atoms with Crippen LogP contribution in [0.3, 0.4) is 0 Å². The second-order valence-electron chi connectivity index (χ2n) is 13.6. The van der Waals surface area contributed by atoms with Crippen LogP contribution in [0.5, 0.6) is 11.5 Å². The van der Waals surface area contributed by atoms with Gasteiger partial charge in [-0.3, -0.25) is 9.59 Å². The van der Waals surface area contributed by atoms with Gasteiger partial charge in [0.25, 0.3) is 11.8 Å². The zero-order valence-corrected chi connectivity index (χ0v) is 35.0. The van der Waals surface area contributed by atoms with Gasteiger partial charge < -0.3 is 28.8 Å². The maximum absolute atomic E-state index is 13.4. The Kier molecular flexibility index (Phi) is 10.8. The van der Waals surface area contributed by atoms with E-state index in [2.05, 4.69) is 14.8 Å². The lowest BCUT2D eigenvalue weighted by molar-refractivity contribution is -0.0499. The fraction of sp³-hybridized carbons (Fsp3) is 0.128. The largest absolute Gasteiger partial charge is 0.534 e. The van der Waals surface area contributed by atoms with Crippen molar-refractivity contribution in [2.45, 2.75) is 5.51 Å². The molecule has 3 N–H and O–H groups in total. The van der Waals surface area contributed by atoms with Crippen LogP contribution in [0.4, 0.5) is 22.0 Å². The number of fused-ring (bicyclic) bond motifs is 6. The molecule has 24 heteroatoms. The Balaban J connectivity index is 0.000000193. The lowest BCUT2D eigenvalue weighted by atomic mass is 10.0. The van der Waals surface area contributed by atoms with Crippen LogP contribution >= 0.6 is 0 Å². The third-order valence-corrected chi connectivity index (χ3v) is 12.4. The molecular formula is C39H29F5N4O12S3. The number of hydrogen-bond donors (Lipinski definition) is 3. The van der Waals surface area contributed by atoms with Gasteiger partial charge in [0.2, 0.25) is 20.0 Å². The summed E-state index contributed by atoms with van der Waals surface area (Å²) >= 11 is 0. The van der Waals surface area contributed by atoms with E-state index in [0.717, 1.165) is 46.9 Å². The van der Waals surface area contributed by atoms with E-state index >= 15 is 0 Å². The number of rotatable bonds is 8. The standard InChI is InChI=1S/C20H14F4N2O7S2.C19H15FN2O5S/c1-25-19(27)15-13-9-14(33-35(30,31)20(22,23)24)16-12(7-8-26(16)34(2,28)29)18(13)32-17(15)10-3-5-11(21)6-4-10;1-21-19(24)15-13-9-14(23)16-12(7-8-22(16)28(2,25)26)18(13)27-17(15)10-3-5-11(20)6-4-10/h3-9H,1-2H3,(H,25,27);3-9,23H,1-2H3,(H,21,24). The first kappa shape index (κ1) is 44.1. The highest BCUT2D eigenvalue weighted by molar-refractivity contribution is 7.89. The first-order chi connectivity index (χ1) is 29.4. The molecule has 0 spiro atoms. The summed E-state index contributed by atoms with van der Waals surface area (Å²) in [4.78, 5) is 25.3. The van der Waals surface area contributed by atoms with Crippen molar-refractivity contribution in [1.29, 1.82) is 0 Å². The molecule has 0 saturated carbocycles. The van der Waals surface area contributed by atoms with Crippen molar-refractivity contribution in [1.82, 2.24) is 18.6 Å². The number of aromatic hydroxyl groups is 1. The summed E-state index contributed by atoms with van der Waals surface area (Å²) in [5.74, 6) is -3.50. The summed E-state index contributed by atoms with van der Waals surface area (Å²) in [6, 6.07) is 14.8. The Morgan fingerprint density at radius 2 is 1.03 bits per heavy atom. The fourth-order valence-electron chi connectivity index (χ4n) is 6.75. The van der Waals surface area contributed by atoms with E-state index < -0.39 is 70.4 Å². The van der Waals surface area contributed by atoms with Gasteiger partial charge in [-0.25, -0.2) is 33.6 Å². The highest BCUT2D eigenvalue weighted by atomic mass is 32.2. The summed E-state index contributed by atoms with van der Waals surface area (Å²) in [7, 11) is -11.3. The van der Waals surface area contributed by atoms with Crippen molar-refractivity contribution >= 4 is 85.7 Å². The van der Waals surface area contributed by atoms with Crippen LogP contribution in [0.1, 0.15) is 20.7 Å². The van der Waals surface area contributed by atoms with Crippen molar-refractivity contribution < 1.29 is 74.9 Å². The minimum absolute atomic E-state index is 0.0536. The van der Waals surface area contributed by atoms with E-state index in [0.29, 0.717) is 20.3 Å². The summed E-state index contributed by atoms with van der Waals surface area (Å²) in [6.45, 7) is 0. The van der Waals surface area contributed by atoms with Gasteiger partial charge >= 0.3 is 15.6 Å². The number of phenolic OH excluding ortho intramolecular Hbond substituents is 1. The number of hydrogen-bond acceptors (Lipinski definition) is 12. The molecule has 63 heavy (non-hydrogen) atoms. The van der Waals surface area contributed by atoms with Gasteiger partial charge in [0, 0.05) is 59.2 Å². The molecule has 0 atom stereocenters. The molecule has 330 valence electrons. The second-order valence-corrected chi connectivity index (χ2v) is 18.8. The summed E-state index contributed by atoms with van der Waals surface area (Å²) in [5, 5.41) is 15.7. The number of alkyl halides is 3. The van der Waals surface area contributed by atoms with E-state index in [4.69, 9.17) is 8.83 Å². The number of phenols is 1. The molecule has 2 amide bonds. The van der Waals surface area contributed by atoms with Gasteiger partial charge in [-0.15, -0.1) is 0 Å². The number of nitrogens with zero attached hydrogens (tertiary/aromatic N) is 2. The molecule has 0 bridgehead atoms. The molecule has 0 aliphatic rings. The molecular weight excluding hydrogens is 908 g/mol. The predicted octanol–water partition coefficient (Wildman–Crippen LogP) is 6.66. The quantitative estimate of drug-likeness (QED) is 0.0827. The number of carbonyl (C=O) groups is 2. The smallest absolute Gasteiger partial charge is 0.506 e. The monoisotopic (exact) mass is 936 g/mol. The van der Waals surface area contributed by atoms with Crippen LogP contribution in [0.25, 0.3) is 66.4 Å². The van der Waals surface area contributed by atoms with Crippen LogP contribution in [-0.2, 0) is 30.2 Å². The van der Waals surface area contributed by atoms with Gasteiger partial charge in [-0.05, 0) is 72.8 Å². The highest BCUT2D eigenvalue weighted by Crippen LogP contribution is 2.44. The Labute approximate surface area is 352 Å². The highest BCUT2D eigenvalue weighted by Gasteiger charge is 2.49. The Bertz CT molecular complexity index is 3520. The first-order valence-electron chi connectivity index (χ1n) is 17.7. The SMILES string of the molecule is CNC(=O)c1c(-c2ccc(F)cc2)oc2c1cc(O)c1c2ccn1S(C)(=O)=O.CNC(=O)c1c(-c2ccc(F)cc2)oc2c1cc(OS(=O)(=O)C(F)(F)F)c1c2ccn1S(C)(=O)=O. The van der Waals surface area contributed by atoms with Gasteiger partial charge in [-0.2, -0.15) is 21.6 Å². The molecule has 0 aliphatic heterocycles. The average Bonchev–Trinajstić information content (AvgIpc) is 4.00. The van der Waals surface area contributed by atoms with Gasteiger partial charge in [0.15, 0.2) is 5.75 Å². The van der Waals surface area contributed by atoms with E-state index in [-0.39, 0.29) is 61.4 Å². The van der Waals surface area contributed by atoms with E-state index in [1.165, 1.54) is 68.8 Å². The molecule has 4 heterocycles. The van der Waals surface area contributed by atoms with Gasteiger partial charge in [-0.1, -0.05) is 0 Å². The number of amides is 2. The normalized spacial score (nSPS) is 12.5. The molecule has 0 unspecified atom stereocenters. The van der Waals surface area contributed by atoms with Crippen molar-refractivity contribution in [3.63, 3.8) is 0 Å². The zero-order valence-electron chi connectivity index (χ0n) is 32.5.